The largest absolute Gasteiger partial charge is 0.378 e. The normalized spacial score (nSPS) is 20.1. The van der Waals surface area contributed by atoms with E-state index in [0.717, 1.165) is 12.8 Å². The standard InChI is InChI=1S/C10H21NO3S/c11-15(12,13)9-5-8-14-10-6-3-1-2-4-7-10/h10H,1-9H2,(H2,11,12,13). The Kier molecular flexibility index (Phi) is 5.56. The lowest BCUT2D eigenvalue weighted by Gasteiger charge is -2.14. The Morgan fingerprint density at radius 3 is 2.27 bits per heavy atom. The number of hydrogen-bond donors (Lipinski definition) is 1. The van der Waals surface area contributed by atoms with Crippen LogP contribution in [0, 0.1) is 0 Å². The van der Waals surface area contributed by atoms with Crippen LogP contribution < -0.4 is 5.14 Å². The van der Waals surface area contributed by atoms with Gasteiger partial charge in [-0.05, 0) is 19.3 Å². The van der Waals surface area contributed by atoms with Crippen molar-refractivity contribution in [2.75, 3.05) is 12.4 Å². The van der Waals surface area contributed by atoms with Gasteiger partial charge in [-0.1, -0.05) is 25.7 Å². The van der Waals surface area contributed by atoms with Gasteiger partial charge in [0.05, 0.1) is 11.9 Å². The second-order valence-electron chi connectivity index (χ2n) is 4.20. The van der Waals surface area contributed by atoms with Crippen LogP contribution in [-0.4, -0.2) is 26.9 Å². The van der Waals surface area contributed by atoms with Crippen LogP contribution in [0.5, 0.6) is 0 Å². The minimum absolute atomic E-state index is 0.0275. The predicted molar refractivity (Wildman–Crippen MR) is 60.0 cm³/mol. The van der Waals surface area contributed by atoms with Gasteiger partial charge in [0.1, 0.15) is 0 Å². The molecule has 0 saturated heterocycles. The van der Waals surface area contributed by atoms with Gasteiger partial charge < -0.3 is 4.74 Å². The Morgan fingerprint density at radius 2 is 1.73 bits per heavy atom. The van der Waals surface area contributed by atoms with Crippen molar-refractivity contribution in [1.82, 2.24) is 0 Å². The van der Waals surface area contributed by atoms with E-state index in [4.69, 9.17) is 9.88 Å². The summed E-state index contributed by atoms with van der Waals surface area (Å²) in [5.74, 6) is 0.0275. The summed E-state index contributed by atoms with van der Waals surface area (Å²) in [4.78, 5) is 0. The Bertz CT molecular complexity index is 256. The molecule has 0 aromatic rings. The summed E-state index contributed by atoms with van der Waals surface area (Å²) in [6.07, 6.45) is 8.17. The fourth-order valence-electron chi connectivity index (χ4n) is 1.92. The molecule has 0 unspecified atom stereocenters. The maximum Gasteiger partial charge on any atom is 0.209 e. The SMILES string of the molecule is NS(=O)(=O)CCCOC1CCCCCC1. The molecule has 1 fully saturated rings. The lowest BCUT2D eigenvalue weighted by molar-refractivity contribution is 0.0440. The average Bonchev–Trinajstić information content (AvgIpc) is 2.39. The highest BCUT2D eigenvalue weighted by molar-refractivity contribution is 7.89. The van der Waals surface area contributed by atoms with E-state index in [1.807, 2.05) is 0 Å². The molecular formula is C10H21NO3S. The first kappa shape index (κ1) is 12.9. The number of primary sulfonamides is 1. The molecule has 5 heteroatoms. The molecule has 1 rings (SSSR count). The molecule has 1 aliphatic rings. The smallest absolute Gasteiger partial charge is 0.209 e. The number of hydrogen-bond acceptors (Lipinski definition) is 3. The van der Waals surface area contributed by atoms with Gasteiger partial charge in [0.15, 0.2) is 0 Å². The maximum absolute atomic E-state index is 10.7. The first-order chi connectivity index (χ1) is 7.08. The van der Waals surface area contributed by atoms with Crippen LogP contribution >= 0.6 is 0 Å². The van der Waals surface area contributed by atoms with Crippen LogP contribution in [0.3, 0.4) is 0 Å². The highest BCUT2D eigenvalue weighted by Crippen LogP contribution is 2.19. The van der Waals surface area contributed by atoms with Crippen molar-refractivity contribution < 1.29 is 13.2 Å². The van der Waals surface area contributed by atoms with E-state index < -0.39 is 10.0 Å². The van der Waals surface area contributed by atoms with Crippen LogP contribution in [0.4, 0.5) is 0 Å². The molecule has 15 heavy (non-hydrogen) atoms. The molecule has 90 valence electrons. The first-order valence-electron chi connectivity index (χ1n) is 5.70. The van der Waals surface area contributed by atoms with Crippen molar-refractivity contribution in [3.8, 4) is 0 Å². The van der Waals surface area contributed by atoms with Gasteiger partial charge in [-0.2, -0.15) is 0 Å². The van der Waals surface area contributed by atoms with E-state index in [0.29, 0.717) is 19.1 Å². The Morgan fingerprint density at radius 1 is 1.13 bits per heavy atom. The van der Waals surface area contributed by atoms with Crippen molar-refractivity contribution in [1.29, 1.82) is 0 Å². The van der Waals surface area contributed by atoms with E-state index in [1.54, 1.807) is 0 Å². The van der Waals surface area contributed by atoms with Crippen molar-refractivity contribution in [3.05, 3.63) is 0 Å². The van der Waals surface area contributed by atoms with E-state index in [2.05, 4.69) is 0 Å². The second kappa shape index (κ2) is 6.45. The summed E-state index contributed by atoms with van der Waals surface area (Å²) < 4.78 is 27.0. The topological polar surface area (TPSA) is 69.4 Å². The third-order valence-electron chi connectivity index (χ3n) is 2.73. The molecule has 0 radical (unpaired) electrons. The fraction of sp³-hybridized carbons (Fsp3) is 1.00. The summed E-state index contributed by atoms with van der Waals surface area (Å²) in [5.41, 5.74) is 0. The molecule has 0 amide bonds. The van der Waals surface area contributed by atoms with Crippen LogP contribution in [0.2, 0.25) is 0 Å². The van der Waals surface area contributed by atoms with Crippen molar-refractivity contribution in [2.45, 2.75) is 51.0 Å². The van der Waals surface area contributed by atoms with Crippen molar-refractivity contribution >= 4 is 10.0 Å². The molecule has 0 spiro atoms. The minimum atomic E-state index is -3.31. The van der Waals surface area contributed by atoms with Crippen LogP contribution in [-0.2, 0) is 14.8 Å². The molecule has 2 N–H and O–H groups in total. The van der Waals surface area contributed by atoms with Gasteiger partial charge in [0, 0.05) is 6.61 Å². The molecule has 4 nitrogen and oxygen atoms in total. The molecular weight excluding hydrogens is 214 g/mol. The molecule has 1 saturated carbocycles. The Hall–Kier alpha value is -0.130. The summed E-state index contributed by atoms with van der Waals surface area (Å²) in [7, 11) is -3.31. The number of sulfonamides is 1. The Labute approximate surface area is 92.2 Å². The van der Waals surface area contributed by atoms with E-state index in [-0.39, 0.29) is 5.75 Å². The van der Waals surface area contributed by atoms with Gasteiger partial charge >= 0.3 is 0 Å². The van der Waals surface area contributed by atoms with Crippen LogP contribution in [0.25, 0.3) is 0 Å². The molecule has 1 aliphatic carbocycles. The van der Waals surface area contributed by atoms with Crippen LogP contribution in [0.1, 0.15) is 44.9 Å². The van der Waals surface area contributed by atoms with E-state index >= 15 is 0 Å². The lowest BCUT2D eigenvalue weighted by Crippen LogP contribution is -2.19. The van der Waals surface area contributed by atoms with Crippen molar-refractivity contribution in [3.63, 3.8) is 0 Å². The molecule has 0 aromatic heterocycles. The minimum Gasteiger partial charge on any atom is -0.378 e. The van der Waals surface area contributed by atoms with Crippen molar-refractivity contribution in [2.24, 2.45) is 5.14 Å². The zero-order valence-corrected chi connectivity index (χ0v) is 9.97. The highest BCUT2D eigenvalue weighted by Gasteiger charge is 2.12. The number of nitrogens with two attached hydrogens (primary N) is 1. The molecule has 0 aliphatic heterocycles. The van der Waals surface area contributed by atoms with Gasteiger partial charge in [0.25, 0.3) is 0 Å². The summed E-state index contributed by atoms with van der Waals surface area (Å²) in [5, 5.41) is 4.90. The maximum atomic E-state index is 10.7. The zero-order valence-electron chi connectivity index (χ0n) is 9.15. The first-order valence-corrected chi connectivity index (χ1v) is 7.41. The number of rotatable bonds is 5. The monoisotopic (exact) mass is 235 g/mol. The Balaban J connectivity index is 2.08. The predicted octanol–water partition coefficient (Wildman–Crippen LogP) is 1.40. The van der Waals surface area contributed by atoms with Crippen LogP contribution in [0.15, 0.2) is 0 Å². The fourth-order valence-corrected chi connectivity index (χ4v) is 2.44. The molecule has 0 aromatic carbocycles. The lowest BCUT2D eigenvalue weighted by atomic mass is 10.1. The second-order valence-corrected chi connectivity index (χ2v) is 5.94. The van der Waals surface area contributed by atoms with Gasteiger partial charge in [-0.3, -0.25) is 0 Å². The van der Waals surface area contributed by atoms with E-state index in [9.17, 15) is 8.42 Å². The third kappa shape index (κ3) is 6.87. The highest BCUT2D eigenvalue weighted by atomic mass is 32.2. The molecule has 0 atom stereocenters. The molecule has 0 bridgehead atoms. The number of ether oxygens (including phenoxy) is 1. The zero-order chi connectivity index (χ0) is 11.1. The molecule has 0 heterocycles. The van der Waals surface area contributed by atoms with Gasteiger partial charge in [-0.15, -0.1) is 0 Å². The van der Waals surface area contributed by atoms with Gasteiger partial charge in [0.2, 0.25) is 10.0 Å². The third-order valence-corrected chi connectivity index (χ3v) is 3.59. The average molecular weight is 235 g/mol. The van der Waals surface area contributed by atoms with E-state index in [1.165, 1.54) is 25.7 Å². The summed E-state index contributed by atoms with van der Waals surface area (Å²) in [6, 6.07) is 0. The summed E-state index contributed by atoms with van der Waals surface area (Å²) >= 11 is 0. The van der Waals surface area contributed by atoms with Gasteiger partial charge in [-0.25, -0.2) is 13.6 Å². The quantitative estimate of drug-likeness (QED) is 0.578. The summed E-state index contributed by atoms with van der Waals surface area (Å²) in [6.45, 7) is 0.515.